The molecular weight excluding hydrogens is 307 g/mol. The van der Waals surface area contributed by atoms with Crippen LogP contribution in [0.5, 0.6) is 0 Å². The molecule has 0 aromatic carbocycles. The first-order valence-electron chi connectivity index (χ1n) is 6.92. The lowest BCUT2D eigenvalue weighted by atomic mass is 9.95. The van der Waals surface area contributed by atoms with Crippen LogP contribution in [0.2, 0.25) is 0 Å². The first kappa shape index (κ1) is 18.3. The Labute approximate surface area is 128 Å². The van der Waals surface area contributed by atoms with Crippen molar-refractivity contribution in [1.29, 1.82) is 0 Å². The lowest BCUT2D eigenvalue weighted by molar-refractivity contribution is -0.274. The Morgan fingerprint density at radius 1 is 1.29 bits per heavy atom. The van der Waals surface area contributed by atoms with Crippen LogP contribution >= 0.6 is 12.4 Å². The van der Waals surface area contributed by atoms with Crippen molar-refractivity contribution in [3.63, 3.8) is 0 Å². The fraction of sp³-hybridized carbons (Fsp3) is 0.714. The number of furan rings is 1. The minimum Gasteiger partial charge on any atom is -0.463 e. The van der Waals surface area contributed by atoms with Gasteiger partial charge in [-0.3, -0.25) is 0 Å². The molecule has 1 unspecified atom stereocenters. The van der Waals surface area contributed by atoms with Crippen LogP contribution in [-0.2, 0) is 5.60 Å². The molecule has 0 saturated heterocycles. The van der Waals surface area contributed by atoms with E-state index in [4.69, 9.17) is 4.42 Å². The fourth-order valence-corrected chi connectivity index (χ4v) is 2.65. The molecule has 0 bridgehead atoms. The Morgan fingerprint density at radius 2 is 1.90 bits per heavy atom. The van der Waals surface area contributed by atoms with Gasteiger partial charge in [-0.15, -0.1) is 12.4 Å². The molecule has 1 heterocycles. The molecule has 1 aromatic rings. The second kappa shape index (κ2) is 7.03. The van der Waals surface area contributed by atoms with E-state index in [1.54, 1.807) is 6.92 Å². The third-order valence-electron chi connectivity index (χ3n) is 3.89. The normalized spacial score (nSPS) is 19.3. The van der Waals surface area contributed by atoms with Crippen LogP contribution in [0.25, 0.3) is 0 Å². The summed E-state index contributed by atoms with van der Waals surface area (Å²) in [7, 11) is 0. The SMILES string of the molecule is Cc1ccc(C(O)(CCNC2CCCC2)C(F)(F)F)o1.Cl. The minimum absolute atomic E-state index is 0. The second-order valence-electron chi connectivity index (χ2n) is 5.45. The van der Waals surface area contributed by atoms with Crippen molar-refractivity contribution in [3.05, 3.63) is 23.7 Å². The first-order valence-corrected chi connectivity index (χ1v) is 6.92. The molecule has 1 aliphatic carbocycles. The Morgan fingerprint density at radius 3 is 2.38 bits per heavy atom. The molecule has 1 saturated carbocycles. The van der Waals surface area contributed by atoms with Crippen molar-refractivity contribution in [3.8, 4) is 0 Å². The zero-order valence-electron chi connectivity index (χ0n) is 11.9. The summed E-state index contributed by atoms with van der Waals surface area (Å²) in [4.78, 5) is 0. The van der Waals surface area contributed by atoms with E-state index in [9.17, 15) is 18.3 Å². The average Bonchev–Trinajstić information content (AvgIpc) is 2.98. The van der Waals surface area contributed by atoms with E-state index in [1.165, 1.54) is 12.1 Å². The molecule has 1 aliphatic rings. The van der Waals surface area contributed by atoms with E-state index in [1.807, 2.05) is 0 Å². The maximum absolute atomic E-state index is 13.2. The summed E-state index contributed by atoms with van der Waals surface area (Å²) >= 11 is 0. The van der Waals surface area contributed by atoms with Gasteiger partial charge >= 0.3 is 6.18 Å². The van der Waals surface area contributed by atoms with E-state index in [-0.39, 0.29) is 25.0 Å². The van der Waals surface area contributed by atoms with E-state index < -0.39 is 24.0 Å². The number of aliphatic hydroxyl groups is 1. The second-order valence-corrected chi connectivity index (χ2v) is 5.45. The maximum atomic E-state index is 13.2. The Bertz CT molecular complexity index is 444. The minimum atomic E-state index is -4.76. The van der Waals surface area contributed by atoms with Crippen LogP contribution in [0.3, 0.4) is 0 Å². The molecule has 1 fully saturated rings. The summed E-state index contributed by atoms with van der Waals surface area (Å²) < 4.78 is 44.5. The third-order valence-corrected chi connectivity index (χ3v) is 3.89. The number of nitrogens with one attached hydrogen (secondary N) is 1. The molecule has 2 N–H and O–H groups in total. The molecule has 21 heavy (non-hydrogen) atoms. The standard InChI is InChI=1S/C14H20F3NO2.ClH/c1-10-6-7-12(20-10)13(19,14(15,16)17)8-9-18-11-4-2-3-5-11;/h6-7,11,18-19H,2-5,8-9H2,1H3;1H. The highest BCUT2D eigenvalue weighted by Crippen LogP contribution is 2.42. The number of hydrogen-bond donors (Lipinski definition) is 2. The van der Waals surface area contributed by atoms with Crippen LogP contribution in [0.4, 0.5) is 13.2 Å². The fourth-order valence-electron chi connectivity index (χ4n) is 2.65. The number of alkyl halides is 3. The summed E-state index contributed by atoms with van der Waals surface area (Å²) in [5.41, 5.74) is -2.92. The summed E-state index contributed by atoms with van der Waals surface area (Å²) in [5, 5.41) is 13.1. The molecule has 1 atom stereocenters. The quantitative estimate of drug-likeness (QED) is 0.867. The molecule has 0 amide bonds. The molecule has 0 aliphatic heterocycles. The van der Waals surface area contributed by atoms with Crippen LogP contribution in [0, 0.1) is 6.92 Å². The van der Waals surface area contributed by atoms with Gasteiger partial charge in [-0.1, -0.05) is 12.8 Å². The highest BCUT2D eigenvalue weighted by molar-refractivity contribution is 5.85. The van der Waals surface area contributed by atoms with Crippen molar-refractivity contribution in [2.75, 3.05) is 6.54 Å². The third kappa shape index (κ3) is 4.14. The van der Waals surface area contributed by atoms with Gasteiger partial charge in [-0.25, -0.2) is 0 Å². The van der Waals surface area contributed by atoms with Gasteiger partial charge in [0, 0.05) is 12.5 Å². The zero-order chi connectivity index (χ0) is 14.8. The van der Waals surface area contributed by atoms with Crippen molar-refractivity contribution < 1.29 is 22.7 Å². The Hall–Kier alpha value is -0.720. The molecule has 0 spiro atoms. The van der Waals surface area contributed by atoms with Gasteiger partial charge in [0.15, 0.2) is 0 Å². The predicted octanol–water partition coefficient (Wildman–Crippen LogP) is 3.68. The summed E-state index contributed by atoms with van der Waals surface area (Å²) in [6.45, 7) is 1.66. The van der Waals surface area contributed by atoms with Crippen LogP contribution in [0.1, 0.15) is 43.6 Å². The van der Waals surface area contributed by atoms with E-state index in [0.717, 1.165) is 25.7 Å². The number of hydrogen-bond acceptors (Lipinski definition) is 3. The number of rotatable bonds is 5. The van der Waals surface area contributed by atoms with Gasteiger partial charge in [-0.2, -0.15) is 13.2 Å². The number of aryl methyl sites for hydroxylation is 1. The maximum Gasteiger partial charge on any atom is 0.424 e. The largest absolute Gasteiger partial charge is 0.463 e. The summed E-state index contributed by atoms with van der Waals surface area (Å²) in [6.07, 6.45) is -1.000. The van der Waals surface area contributed by atoms with Crippen LogP contribution in [0.15, 0.2) is 16.5 Å². The molecule has 0 radical (unpaired) electrons. The lowest BCUT2D eigenvalue weighted by Gasteiger charge is -2.29. The summed E-state index contributed by atoms with van der Waals surface area (Å²) in [5.74, 6) is -0.0813. The van der Waals surface area contributed by atoms with Gasteiger partial charge < -0.3 is 14.8 Å². The van der Waals surface area contributed by atoms with E-state index in [2.05, 4.69) is 5.32 Å². The predicted molar refractivity (Wildman–Crippen MR) is 75.5 cm³/mol. The monoisotopic (exact) mass is 327 g/mol. The molecular formula is C14H21ClF3NO2. The molecule has 3 nitrogen and oxygen atoms in total. The Kier molecular flexibility index (Phi) is 6.13. The lowest BCUT2D eigenvalue weighted by Crippen LogP contribution is -2.45. The topological polar surface area (TPSA) is 45.4 Å². The zero-order valence-corrected chi connectivity index (χ0v) is 12.7. The number of halogens is 4. The smallest absolute Gasteiger partial charge is 0.424 e. The van der Waals surface area contributed by atoms with Gasteiger partial charge in [0.1, 0.15) is 11.5 Å². The molecule has 7 heteroatoms. The molecule has 2 rings (SSSR count). The van der Waals surface area contributed by atoms with E-state index >= 15 is 0 Å². The van der Waals surface area contributed by atoms with Crippen LogP contribution < -0.4 is 5.32 Å². The van der Waals surface area contributed by atoms with Crippen LogP contribution in [-0.4, -0.2) is 23.9 Å². The first-order chi connectivity index (χ1) is 9.33. The molecule has 1 aromatic heterocycles. The highest BCUT2D eigenvalue weighted by atomic mass is 35.5. The van der Waals surface area contributed by atoms with Crippen molar-refractivity contribution in [1.82, 2.24) is 5.32 Å². The van der Waals surface area contributed by atoms with Gasteiger partial charge in [0.05, 0.1) is 0 Å². The highest BCUT2D eigenvalue weighted by Gasteiger charge is 2.56. The summed E-state index contributed by atoms with van der Waals surface area (Å²) in [6, 6.07) is 2.89. The molecule has 122 valence electrons. The Balaban J connectivity index is 0.00000220. The average molecular weight is 328 g/mol. The van der Waals surface area contributed by atoms with Crippen molar-refractivity contribution >= 4 is 12.4 Å². The van der Waals surface area contributed by atoms with Crippen molar-refractivity contribution in [2.45, 2.75) is 56.8 Å². The van der Waals surface area contributed by atoms with Crippen molar-refractivity contribution in [2.24, 2.45) is 0 Å². The van der Waals surface area contributed by atoms with E-state index in [0.29, 0.717) is 5.76 Å². The van der Waals surface area contributed by atoms with Gasteiger partial charge in [0.25, 0.3) is 0 Å². The van der Waals surface area contributed by atoms with Gasteiger partial charge in [0.2, 0.25) is 5.60 Å². The van der Waals surface area contributed by atoms with Gasteiger partial charge in [-0.05, 0) is 38.4 Å².